The van der Waals surface area contributed by atoms with Crippen LogP contribution in [0, 0.1) is 12.7 Å². The maximum absolute atomic E-state index is 13.0. The van der Waals surface area contributed by atoms with Crippen LogP contribution in [0.4, 0.5) is 10.1 Å². The molecule has 0 saturated heterocycles. The number of nitrogens with one attached hydrogen (secondary N) is 1. The van der Waals surface area contributed by atoms with Crippen LogP contribution < -0.4 is 5.32 Å². The molecule has 1 amide bonds. The van der Waals surface area contributed by atoms with E-state index in [0.29, 0.717) is 18.5 Å². The molecule has 0 heterocycles. The van der Waals surface area contributed by atoms with Crippen molar-refractivity contribution in [1.82, 2.24) is 0 Å². The zero-order valence-electron chi connectivity index (χ0n) is 10.2. The number of aryl methyl sites for hydroxylation is 1. The minimum Gasteiger partial charge on any atom is -0.481 e. The molecular formula is C13H16FNO3. The lowest BCUT2D eigenvalue weighted by Crippen LogP contribution is -2.12. The van der Waals surface area contributed by atoms with Gasteiger partial charge in [-0.1, -0.05) is 6.07 Å². The lowest BCUT2D eigenvalue weighted by Gasteiger charge is -2.08. The summed E-state index contributed by atoms with van der Waals surface area (Å²) in [5.74, 6) is -1.49. The number of anilines is 1. The van der Waals surface area contributed by atoms with E-state index in [4.69, 9.17) is 5.11 Å². The first kappa shape index (κ1) is 14.2. The summed E-state index contributed by atoms with van der Waals surface area (Å²) in [5, 5.41) is 11.1. The van der Waals surface area contributed by atoms with Crippen LogP contribution in [0.3, 0.4) is 0 Å². The number of carboxylic acid groups (broad SMARTS) is 1. The fraction of sp³-hybridized carbons (Fsp3) is 0.385. The van der Waals surface area contributed by atoms with Gasteiger partial charge < -0.3 is 10.4 Å². The highest BCUT2D eigenvalue weighted by Gasteiger charge is 2.06. The van der Waals surface area contributed by atoms with Crippen LogP contribution in [-0.2, 0) is 9.59 Å². The molecule has 0 aliphatic heterocycles. The van der Waals surface area contributed by atoms with Crippen LogP contribution in [-0.4, -0.2) is 17.0 Å². The number of carbonyl (C=O) groups excluding carboxylic acids is 1. The Bertz CT molecular complexity index is 446. The summed E-state index contributed by atoms with van der Waals surface area (Å²) >= 11 is 0. The smallest absolute Gasteiger partial charge is 0.303 e. The van der Waals surface area contributed by atoms with Crippen LogP contribution in [0.5, 0.6) is 0 Å². The number of hydrogen-bond donors (Lipinski definition) is 2. The third-order valence-electron chi connectivity index (χ3n) is 2.52. The summed E-state index contributed by atoms with van der Waals surface area (Å²) in [6.07, 6.45) is 1.27. The number of unbranched alkanes of at least 4 members (excludes halogenated alkanes) is 1. The first-order valence-electron chi connectivity index (χ1n) is 5.77. The fourth-order valence-electron chi connectivity index (χ4n) is 1.50. The van der Waals surface area contributed by atoms with Crippen molar-refractivity contribution >= 4 is 17.6 Å². The second-order valence-corrected chi connectivity index (χ2v) is 4.11. The molecule has 0 bridgehead atoms. The van der Waals surface area contributed by atoms with Crippen molar-refractivity contribution in [1.29, 1.82) is 0 Å². The second kappa shape index (κ2) is 6.74. The van der Waals surface area contributed by atoms with E-state index < -0.39 is 11.8 Å². The molecule has 1 aromatic carbocycles. The first-order chi connectivity index (χ1) is 8.49. The normalized spacial score (nSPS) is 10.1. The summed E-state index contributed by atoms with van der Waals surface area (Å²) in [6.45, 7) is 1.78. The highest BCUT2D eigenvalue weighted by atomic mass is 19.1. The van der Waals surface area contributed by atoms with Crippen molar-refractivity contribution in [2.24, 2.45) is 0 Å². The maximum Gasteiger partial charge on any atom is 0.303 e. The molecule has 98 valence electrons. The van der Waals surface area contributed by atoms with Crippen molar-refractivity contribution in [3.05, 3.63) is 29.6 Å². The average molecular weight is 253 g/mol. The molecule has 0 aliphatic rings. The Balaban J connectivity index is 2.40. The molecule has 1 rings (SSSR count). The lowest BCUT2D eigenvalue weighted by atomic mass is 10.1. The van der Waals surface area contributed by atoms with Gasteiger partial charge in [0.25, 0.3) is 0 Å². The largest absolute Gasteiger partial charge is 0.481 e. The summed E-state index contributed by atoms with van der Waals surface area (Å²) in [6, 6.07) is 4.19. The highest BCUT2D eigenvalue weighted by Crippen LogP contribution is 2.16. The van der Waals surface area contributed by atoms with Crippen LogP contribution >= 0.6 is 0 Å². The maximum atomic E-state index is 13.0. The van der Waals surface area contributed by atoms with Crippen LogP contribution in [0.15, 0.2) is 18.2 Å². The first-order valence-corrected chi connectivity index (χ1v) is 5.77. The third-order valence-corrected chi connectivity index (χ3v) is 2.52. The van der Waals surface area contributed by atoms with Gasteiger partial charge in [0.05, 0.1) is 0 Å². The van der Waals surface area contributed by atoms with E-state index in [1.165, 1.54) is 12.1 Å². The standard InChI is InChI=1S/C13H16FNO3/c1-9-6-7-10(14)8-11(9)15-12(16)4-2-3-5-13(17)18/h6-8H,2-5H2,1H3,(H,15,16)(H,17,18). The molecule has 0 atom stereocenters. The number of rotatable bonds is 6. The molecule has 0 aliphatic carbocycles. The molecule has 0 unspecified atom stereocenters. The quantitative estimate of drug-likeness (QED) is 0.766. The molecular weight excluding hydrogens is 237 g/mol. The van der Waals surface area contributed by atoms with Crippen LogP contribution in [0.1, 0.15) is 31.2 Å². The summed E-state index contributed by atoms with van der Waals surface area (Å²) < 4.78 is 13.0. The molecule has 0 fully saturated rings. The molecule has 4 nitrogen and oxygen atoms in total. The average Bonchev–Trinajstić information content (AvgIpc) is 2.29. The van der Waals surface area contributed by atoms with Gasteiger partial charge in [-0.2, -0.15) is 0 Å². The number of halogens is 1. The van der Waals surface area contributed by atoms with Gasteiger partial charge in [-0.15, -0.1) is 0 Å². The van der Waals surface area contributed by atoms with Crippen LogP contribution in [0.25, 0.3) is 0 Å². The zero-order chi connectivity index (χ0) is 13.5. The number of carboxylic acids is 1. The van der Waals surface area contributed by atoms with Gasteiger partial charge in [0.2, 0.25) is 5.91 Å². The Morgan fingerprint density at radius 3 is 2.61 bits per heavy atom. The summed E-state index contributed by atoms with van der Waals surface area (Å²) in [4.78, 5) is 21.8. The van der Waals surface area contributed by atoms with Crippen LogP contribution in [0.2, 0.25) is 0 Å². The van der Waals surface area contributed by atoms with Crippen molar-refractivity contribution < 1.29 is 19.1 Å². The van der Waals surface area contributed by atoms with Gasteiger partial charge in [-0.25, -0.2) is 4.39 Å². The van der Waals surface area contributed by atoms with E-state index >= 15 is 0 Å². The number of hydrogen-bond acceptors (Lipinski definition) is 2. The van der Waals surface area contributed by atoms with Crippen molar-refractivity contribution in [2.75, 3.05) is 5.32 Å². The molecule has 18 heavy (non-hydrogen) atoms. The Kier molecular flexibility index (Phi) is 5.30. The monoisotopic (exact) mass is 253 g/mol. The Labute approximate surface area is 105 Å². The van der Waals surface area contributed by atoms with E-state index in [9.17, 15) is 14.0 Å². The predicted octanol–water partition coefficient (Wildman–Crippen LogP) is 2.72. The third kappa shape index (κ3) is 4.95. The van der Waals surface area contributed by atoms with Gasteiger partial charge in [-0.3, -0.25) is 9.59 Å². The van der Waals surface area contributed by atoms with E-state index in [-0.39, 0.29) is 18.7 Å². The van der Waals surface area contributed by atoms with Crippen molar-refractivity contribution in [3.8, 4) is 0 Å². The van der Waals surface area contributed by atoms with E-state index in [1.54, 1.807) is 13.0 Å². The van der Waals surface area contributed by atoms with E-state index in [0.717, 1.165) is 5.56 Å². The Morgan fingerprint density at radius 2 is 1.94 bits per heavy atom. The highest BCUT2D eigenvalue weighted by molar-refractivity contribution is 5.91. The number of amides is 1. The van der Waals surface area contributed by atoms with E-state index in [1.807, 2.05) is 0 Å². The number of carbonyl (C=O) groups is 2. The van der Waals surface area contributed by atoms with Crippen molar-refractivity contribution in [3.63, 3.8) is 0 Å². The van der Waals surface area contributed by atoms with Gasteiger partial charge in [0.15, 0.2) is 0 Å². The molecule has 0 aromatic heterocycles. The Hall–Kier alpha value is -1.91. The van der Waals surface area contributed by atoms with Gasteiger partial charge in [0, 0.05) is 18.5 Å². The number of aliphatic carboxylic acids is 1. The minimum atomic E-state index is -0.864. The zero-order valence-corrected chi connectivity index (χ0v) is 10.2. The van der Waals surface area contributed by atoms with Gasteiger partial charge in [-0.05, 0) is 37.5 Å². The minimum absolute atomic E-state index is 0.0618. The summed E-state index contributed by atoms with van der Waals surface area (Å²) in [5.41, 5.74) is 1.24. The van der Waals surface area contributed by atoms with E-state index in [2.05, 4.69) is 5.32 Å². The summed E-state index contributed by atoms with van der Waals surface area (Å²) in [7, 11) is 0. The molecule has 1 aromatic rings. The number of benzene rings is 1. The second-order valence-electron chi connectivity index (χ2n) is 4.11. The topological polar surface area (TPSA) is 66.4 Å². The Morgan fingerprint density at radius 1 is 1.28 bits per heavy atom. The SMILES string of the molecule is Cc1ccc(F)cc1NC(=O)CCCCC(=O)O. The molecule has 0 spiro atoms. The molecule has 5 heteroatoms. The molecule has 2 N–H and O–H groups in total. The fourth-order valence-corrected chi connectivity index (χ4v) is 1.50. The van der Waals surface area contributed by atoms with Gasteiger partial charge >= 0.3 is 5.97 Å². The molecule has 0 radical (unpaired) electrons. The molecule has 0 saturated carbocycles. The lowest BCUT2D eigenvalue weighted by molar-refractivity contribution is -0.137. The van der Waals surface area contributed by atoms with Crippen molar-refractivity contribution in [2.45, 2.75) is 32.6 Å². The predicted molar refractivity (Wildman–Crippen MR) is 65.9 cm³/mol. The van der Waals surface area contributed by atoms with Gasteiger partial charge in [0.1, 0.15) is 5.82 Å².